The summed E-state index contributed by atoms with van der Waals surface area (Å²) < 4.78 is 24.5. The van der Waals surface area contributed by atoms with Gasteiger partial charge in [0.1, 0.15) is 0 Å². The van der Waals surface area contributed by atoms with E-state index in [0.29, 0.717) is 0 Å². The highest BCUT2D eigenvalue weighted by atomic mass is 32.2. The van der Waals surface area contributed by atoms with E-state index in [9.17, 15) is 8.42 Å². The first-order chi connectivity index (χ1) is 11.6. The lowest BCUT2D eigenvalue weighted by atomic mass is 10.0. The van der Waals surface area contributed by atoms with Crippen molar-refractivity contribution in [3.63, 3.8) is 0 Å². The highest BCUT2D eigenvalue weighted by Gasteiger charge is 2.46. The molecule has 0 saturated carbocycles. The van der Waals surface area contributed by atoms with Crippen LogP contribution in [0.15, 0.2) is 42.9 Å². The van der Waals surface area contributed by atoms with Crippen LogP contribution in [0.2, 0.25) is 0 Å². The molecule has 0 amide bonds. The fraction of sp³-hybridized carbons (Fsp3) is 0.471. The number of fused-ring (bicyclic) bond motifs is 1. The van der Waals surface area contributed by atoms with Crippen molar-refractivity contribution in [2.45, 2.75) is 25.2 Å². The zero-order valence-electron chi connectivity index (χ0n) is 13.5. The predicted octanol–water partition coefficient (Wildman–Crippen LogP) is 0.893. The Morgan fingerprint density at radius 1 is 1.04 bits per heavy atom. The molecular weight excluding hydrogens is 324 g/mol. The molecule has 1 aromatic carbocycles. The fourth-order valence-corrected chi connectivity index (χ4v) is 5.94. The fourth-order valence-electron chi connectivity index (χ4n) is 3.90. The lowest BCUT2D eigenvalue weighted by Gasteiger charge is -2.43. The molecular formula is C17H22N4O2S. The molecule has 2 aliphatic rings. The molecule has 2 fully saturated rings. The molecule has 0 bridgehead atoms. The van der Waals surface area contributed by atoms with Gasteiger partial charge >= 0.3 is 0 Å². The SMILES string of the molecule is O=S1(=O)CC2C(C1)N(Cc1cnc[nH]1)CCN2Cc1ccccc1. The number of hydrogen-bond donors (Lipinski definition) is 1. The van der Waals surface area contributed by atoms with Crippen LogP contribution in [0.25, 0.3) is 0 Å². The minimum absolute atomic E-state index is 0.0655. The first-order valence-corrected chi connectivity index (χ1v) is 10.1. The number of nitrogens with zero attached hydrogens (tertiary/aromatic N) is 3. The van der Waals surface area contributed by atoms with Crippen LogP contribution in [-0.2, 0) is 22.9 Å². The van der Waals surface area contributed by atoms with Gasteiger partial charge in [-0.1, -0.05) is 30.3 Å². The summed E-state index contributed by atoms with van der Waals surface area (Å²) in [6.07, 6.45) is 3.48. The average molecular weight is 346 g/mol. The summed E-state index contributed by atoms with van der Waals surface area (Å²) in [5.74, 6) is 0.529. The number of H-pyrrole nitrogens is 1. The molecule has 128 valence electrons. The van der Waals surface area contributed by atoms with Crippen LogP contribution in [0.3, 0.4) is 0 Å². The summed E-state index contributed by atoms with van der Waals surface area (Å²) in [4.78, 5) is 11.8. The van der Waals surface area contributed by atoms with E-state index in [-0.39, 0.29) is 23.6 Å². The Balaban J connectivity index is 1.53. The van der Waals surface area contributed by atoms with Gasteiger partial charge in [-0.3, -0.25) is 9.80 Å². The minimum Gasteiger partial charge on any atom is -0.347 e. The first kappa shape index (κ1) is 15.8. The molecule has 24 heavy (non-hydrogen) atoms. The van der Waals surface area contributed by atoms with Gasteiger partial charge < -0.3 is 4.98 Å². The molecule has 1 aromatic heterocycles. The monoisotopic (exact) mass is 346 g/mol. The zero-order chi connectivity index (χ0) is 16.6. The van der Waals surface area contributed by atoms with E-state index in [1.54, 1.807) is 6.33 Å². The third-order valence-electron chi connectivity index (χ3n) is 5.06. The number of sulfone groups is 1. The van der Waals surface area contributed by atoms with Crippen LogP contribution >= 0.6 is 0 Å². The maximum Gasteiger partial charge on any atom is 0.153 e. The molecule has 1 N–H and O–H groups in total. The van der Waals surface area contributed by atoms with Crippen molar-refractivity contribution >= 4 is 9.84 Å². The van der Waals surface area contributed by atoms with Crippen molar-refractivity contribution in [3.05, 3.63) is 54.1 Å². The smallest absolute Gasteiger partial charge is 0.153 e. The van der Waals surface area contributed by atoms with Crippen LogP contribution in [0.5, 0.6) is 0 Å². The Labute approximate surface area is 142 Å². The van der Waals surface area contributed by atoms with Gasteiger partial charge in [-0.2, -0.15) is 0 Å². The normalized spacial score (nSPS) is 27.2. The minimum atomic E-state index is -2.98. The highest BCUT2D eigenvalue weighted by Crippen LogP contribution is 2.29. The van der Waals surface area contributed by atoms with Gasteiger partial charge in [0.2, 0.25) is 0 Å². The van der Waals surface area contributed by atoms with Gasteiger partial charge in [-0.25, -0.2) is 13.4 Å². The Morgan fingerprint density at radius 2 is 1.71 bits per heavy atom. The topological polar surface area (TPSA) is 69.3 Å². The number of imidazole rings is 1. The third-order valence-corrected chi connectivity index (χ3v) is 6.76. The number of rotatable bonds is 4. The zero-order valence-corrected chi connectivity index (χ0v) is 14.3. The number of aromatic amines is 1. The maximum atomic E-state index is 12.3. The van der Waals surface area contributed by atoms with Crippen molar-refractivity contribution in [2.24, 2.45) is 0 Å². The molecule has 2 saturated heterocycles. The molecule has 0 radical (unpaired) electrons. The lowest BCUT2D eigenvalue weighted by Crippen LogP contribution is -2.58. The molecule has 3 heterocycles. The number of hydrogen-bond acceptors (Lipinski definition) is 5. The van der Waals surface area contributed by atoms with Crippen molar-refractivity contribution < 1.29 is 8.42 Å². The number of piperazine rings is 1. The molecule has 2 aliphatic heterocycles. The van der Waals surface area contributed by atoms with Crippen molar-refractivity contribution in [3.8, 4) is 0 Å². The second-order valence-corrected chi connectivity index (χ2v) is 8.87. The molecule has 2 aromatic rings. The van der Waals surface area contributed by atoms with E-state index in [2.05, 4.69) is 31.9 Å². The van der Waals surface area contributed by atoms with Crippen LogP contribution in [0, 0.1) is 0 Å². The second kappa shape index (κ2) is 6.31. The largest absolute Gasteiger partial charge is 0.347 e. The molecule has 4 rings (SSSR count). The summed E-state index contributed by atoms with van der Waals surface area (Å²) >= 11 is 0. The standard InChI is InChI=1S/C17H22N4O2S/c22-24(23)11-16-17(12-24)21(10-15-8-18-13-19-15)7-6-20(16)9-14-4-2-1-3-5-14/h1-5,8,13,16-17H,6-7,9-12H2,(H,18,19). The van der Waals surface area contributed by atoms with Crippen LogP contribution < -0.4 is 0 Å². The van der Waals surface area contributed by atoms with Gasteiger partial charge in [0, 0.05) is 50.2 Å². The Bertz CT molecular complexity index is 776. The van der Waals surface area contributed by atoms with Gasteiger partial charge in [0.25, 0.3) is 0 Å². The van der Waals surface area contributed by atoms with E-state index in [1.165, 1.54) is 5.56 Å². The van der Waals surface area contributed by atoms with E-state index < -0.39 is 9.84 Å². The van der Waals surface area contributed by atoms with Crippen molar-refractivity contribution in [2.75, 3.05) is 24.6 Å². The number of benzene rings is 1. The third kappa shape index (κ3) is 3.24. The predicted molar refractivity (Wildman–Crippen MR) is 92.1 cm³/mol. The number of aromatic nitrogens is 2. The summed E-state index contributed by atoms with van der Waals surface area (Å²) in [7, 11) is -2.98. The summed E-state index contributed by atoms with van der Waals surface area (Å²) in [6.45, 7) is 3.31. The van der Waals surface area contributed by atoms with Crippen LogP contribution in [0.1, 0.15) is 11.3 Å². The maximum absolute atomic E-state index is 12.3. The number of nitrogens with one attached hydrogen (secondary N) is 1. The van der Waals surface area contributed by atoms with Gasteiger partial charge in [-0.05, 0) is 5.56 Å². The van der Waals surface area contributed by atoms with Gasteiger partial charge in [0.15, 0.2) is 9.84 Å². The molecule has 0 spiro atoms. The van der Waals surface area contributed by atoms with Crippen LogP contribution in [-0.4, -0.2) is 64.9 Å². The van der Waals surface area contributed by atoms with Crippen LogP contribution in [0.4, 0.5) is 0 Å². The van der Waals surface area contributed by atoms with Crippen molar-refractivity contribution in [1.82, 2.24) is 19.8 Å². The molecule has 0 aliphatic carbocycles. The summed E-state index contributed by atoms with van der Waals surface area (Å²) in [6, 6.07) is 10.4. The highest BCUT2D eigenvalue weighted by molar-refractivity contribution is 7.91. The Hall–Kier alpha value is -1.70. The van der Waals surface area contributed by atoms with Gasteiger partial charge in [-0.15, -0.1) is 0 Å². The summed E-state index contributed by atoms with van der Waals surface area (Å²) in [5, 5.41) is 0. The summed E-state index contributed by atoms with van der Waals surface area (Å²) in [5.41, 5.74) is 2.28. The molecule has 6 nitrogen and oxygen atoms in total. The van der Waals surface area contributed by atoms with Gasteiger partial charge in [0.05, 0.1) is 17.8 Å². The Kier molecular flexibility index (Phi) is 4.15. The first-order valence-electron chi connectivity index (χ1n) is 8.30. The quantitative estimate of drug-likeness (QED) is 0.891. The Morgan fingerprint density at radius 3 is 2.33 bits per heavy atom. The van der Waals surface area contributed by atoms with E-state index in [1.807, 2.05) is 24.4 Å². The lowest BCUT2D eigenvalue weighted by molar-refractivity contribution is 0.0348. The average Bonchev–Trinajstić information content (AvgIpc) is 3.17. The van der Waals surface area contributed by atoms with Crippen molar-refractivity contribution in [1.29, 1.82) is 0 Å². The molecule has 2 atom stereocenters. The molecule has 2 unspecified atom stereocenters. The van der Waals surface area contributed by atoms with E-state index >= 15 is 0 Å². The van der Waals surface area contributed by atoms with E-state index in [0.717, 1.165) is 31.9 Å². The van der Waals surface area contributed by atoms with E-state index in [4.69, 9.17) is 0 Å². The molecule has 7 heteroatoms. The second-order valence-electron chi connectivity index (χ2n) is 6.71.